The molecule has 2 aromatic rings. The Morgan fingerprint density at radius 3 is 1.54 bits per heavy atom. The van der Waals surface area contributed by atoms with Crippen molar-refractivity contribution in [2.75, 3.05) is 106 Å². The fraction of sp³-hybridized carbons (Fsp3) is 0.486. The van der Waals surface area contributed by atoms with Crippen molar-refractivity contribution in [3.8, 4) is 23.0 Å². The van der Waals surface area contributed by atoms with Crippen LogP contribution in [0.3, 0.4) is 0 Å². The zero-order valence-corrected chi connectivity index (χ0v) is 27.1. The smallest absolute Gasteiger partial charge is 0.220 e. The molecule has 1 amide bonds. The molecule has 11 nitrogen and oxygen atoms in total. The summed E-state index contributed by atoms with van der Waals surface area (Å²) in [6.07, 6.45) is 3.63. The Bertz CT molecular complexity index is 1320. The summed E-state index contributed by atoms with van der Waals surface area (Å²) in [5, 5.41) is 0. The Morgan fingerprint density at radius 2 is 1.15 bits per heavy atom. The van der Waals surface area contributed by atoms with Gasteiger partial charge in [0.2, 0.25) is 5.91 Å². The summed E-state index contributed by atoms with van der Waals surface area (Å²) in [5.41, 5.74) is 2.60. The molecule has 0 radical (unpaired) electrons. The quantitative estimate of drug-likeness (QED) is 0.324. The maximum atomic E-state index is 13.7. The van der Waals surface area contributed by atoms with Crippen molar-refractivity contribution >= 4 is 23.8 Å². The number of Topliss-reactive ketones (excluding diaryl/α,β-unsaturated/α-hetero) is 1. The lowest BCUT2D eigenvalue weighted by Gasteiger charge is -2.29. The number of morpholine rings is 2. The van der Waals surface area contributed by atoms with Crippen LogP contribution in [0.2, 0.25) is 0 Å². The van der Waals surface area contributed by atoms with Crippen LogP contribution >= 0.6 is 0 Å². The second-order valence-corrected chi connectivity index (χ2v) is 11.5. The molecule has 3 aliphatic heterocycles. The topological polar surface area (TPSA) is 99.2 Å². The zero-order chi connectivity index (χ0) is 32.3. The van der Waals surface area contributed by atoms with Gasteiger partial charge in [-0.1, -0.05) is 12.1 Å². The third-order valence-corrected chi connectivity index (χ3v) is 8.35. The first kappa shape index (κ1) is 33.5. The third-order valence-electron chi connectivity index (χ3n) is 8.35. The van der Waals surface area contributed by atoms with Crippen molar-refractivity contribution in [3.05, 3.63) is 58.7 Å². The van der Waals surface area contributed by atoms with Crippen LogP contribution in [0.25, 0.3) is 12.2 Å². The first-order valence-electron chi connectivity index (χ1n) is 15.9. The number of ether oxygens (including phenoxy) is 6. The van der Waals surface area contributed by atoms with Gasteiger partial charge in [-0.15, -0.1) is 0 Å². The van der Waals surface area contributed by atoms with E-state index in [0.29, 0.717) is 47.4 Å². The number of rotatable bonds is 12. The molecule has 0 bridgehead atoms. The number of methoxy groups -OCH3 is 2. The van der Waals surface area contributed by atoms with Crippen molar-refractivity contribution in [2.24, 2.45) is 0 Å². The number of hydrogen-bond acceptors (Lipinski definition) is 10. The van der Waals surface area contributed by atoms with E-state index in [0.717, 1.165) is 76.8 Å². The van der Waals surface area contributed by atoms with E-state index in [1.54, 1.807) is 19.1 Å². The first-order valence-corrected chi connectivity index (χ1v) is 15.9. The van der Waals surface area contributed by atoms with Gasteiger partial charge >= 0.3 is 0 Å². The fourth-order valence-corrected chi connectivity index (χ4v) is 5.67. The van der Waals surface area contributed by atoms with Gasteiger partial charge in [-0.2, -0.15) is 0 Å². The van der Waals surface area contributed by atoms with Crippen molar-refractivity contribution in [2.45, 2.75) is 6.92 Å². The monoisotopic (exact) mass is 635 g/mol. The van der Waals surface area contributed by atoms with E-state index >= 15 is 0 Å². The molecule has 3 saturated heterocycles. The molecule has 0 spiro atoms. The number of nitrogens with zero attached hydrogens (tertiary/aromatic N) is 3. The number of piperidine rings is 1. The molecule has 3 aliphatic rings. The third kappa shape index (κ3) is 9.10. The minimum Gasteiger partial charge on any atom is -0.493 e. The van der Waals surface area contributed by atoms with Gasteiger partial charge in [0.1, 0.15) is 13.2 Å². The number of amides is 1. The molecule has 5 rings (SSSR count). The minimum absolute atomic E-state index is 0.104. The molecule has 2 aromatic carbocycles. The lowest BCUT2D eigenvalue weighted by molar-refractivity contribution is -0.129. The summed E-state index contributed by atoms with van der Waals surface area (Å²) < 4.78 is 34.1. The first-order chi connectivity index (χ1) is 22.4. The van der Waals surface area contributed by atoms with E-state index in [1.165, 1.54) is 6.92 Å². The highest BCUT2D eigenvalue weighted by molar-refractivity contribution is 6.15. The predicted octanol–water partition coefficient (Wildman–Crippen LogP) is 3.02. The second-order valence-electron chi connectivity index (χ2n) is 11.5. The molecule has 3 fully saturated rings. The number of hydrogen-bond donors (Lipinski definition) is 0. The molecule has 11 heteroatoms. The van der Waals surface area contributed by atoms with E-state index in [-0.39, 0.29) is 24.8 Å². The number of likely N-dealkylation sites (tertiary alicyclic amines) is 1. The maximum absolute atomic E-state index is 13.7. The predicted molar refractivity (Wildman–Crippen MR) is 175 cm³/mol. The van der Waals surface area contributed by atoms with Crippen LogP contribution in [0.4, 0.5) is 0 Å². The molecule has 0 aromatic heterocycles. The molecule has 3 heterocycles. The van der Waals surface area contributed by atoms with Crippen LogP contribution in [0.15, 0.2) is 47.5 Å². The van der Waals surface area contributed by atoms with Crippen molar-refractivity contribution in [3.63, 3.8) is 0 Å². The van der Waals surface area contributed by atoms with Gasteiger partial charge in [0.05, 0.1) is 40.6 Å². The van der Waals surface area contributed by atoms with Crippen LogP contribution in [-0.4, -0.2) is 133 Å². The summed E-state index contributed by atoms with van der Waals surface area (Å²) in [6.45, 7) is 11.2. The van der Waals surface area contributed by atoms with Crippen molar-refractivity contribution in [1.82, 2.24) is 14.7 Å². The number of carbonyl (C=O) groups excluding carboxylic acids is 2. The molecule has 0 N–H and O–H groups in total. The Morgan fingerprint density at radius 1 is 0.717 bits per heavy atom. The van der Waals surface area contributed by atoms with Crippen LogP contribution in [0, 0.1) is 0 Å². The minimum atomic E-state index is -0.105. The SMILES string of the molecule is COc1cc(/C=C2\CN(C(C)=O)C/C(=C\c3ccc(OCCN4CCOCC4)c(OC)c3)C2=O)ccc1OCCN1CCOCC1. The zero-order valence-electron chi connectivity index (χ0n) is 27.1. The van der Waals surface area contributed by atoms with E-state index in [9.17, 15) is 9.59 Å². The summed E-state index contributed by atoms with van der Waals surface area (Å²) in [4.78, 5) is 32.5. The van der Waals surface area contributed by atoms with Gasteiger partial charge in [-0.3, -0.25) is 19.4 Å². The summed E-state index contributed by atoms with van der Waals surface area (Å²) >= 11 is 0. The van der Waals surface area contributed by atoms with Gasteiger partial charge < -0.3 is 33.3 Å². The molecule has 0 saturated carbocycles. The van der Waals surface area contributed by atoms with Crippen molar-refractivity contribution < 1.29 is 38.0 Å². The van der Waals surface area contributed by atoms with Crippen LogP contribution in [0.1, 0.15) is 18.1 Å². The van der Waals surface area contributed by atoms with Gasteiger partial charge in [0, 0.05) is 70.4 Å². The maximum Gasteiger partial charge on any atom is 0.220 e. The molecular formula is C35H45N3O8. The Labute approximate surface area is 271 Å². The number of benzene rings is 2. The van der Waals surface area contributed by atoms with Gasteiger partial charge in [0.25, 0.3) is 0 Å². The Balaban J connectivity index is 1.28. The fourth-order valence-electron chi connectivity index (χ4n) is 5.67. The molecular weight excluding hydrogens is 590 g/mol. The lowest BCUT2D eigenvalue weighted by atomic mass is 9.94. The van der Waals surface area contributed by atoms with E-state index in [4.69, 9.17) is 28.4 Å². The highest BCUT2D eigenvalue weighted by Gasteiger charge is 2.28. The van der Waals surface area contributed by atoms with Gasteiger partial charge in [-0.25, -0.2) is 0 Å². The number of ketones is 1. The summed E-state index contributed by atoms with van der Waals surface area (Å²) in [7, 11) is 3.19. The van der Waals surface area contributed by atoms with E-state index in [2.05, 4.69) is 9.80 Å². The highest BCUT2D eigenvalue weighted by Crippen LogP contribution is 2.32. The molecule has 0 atom stereocenters. The van der Waals surface area contributed by atoms with Gasteiger partial charge in [0.15, 0.2) is 28.8 Å². The second kappa shape index (κ2) is 16.6. The summed E-state index contributed by atoms with van der Waals surface area (Å²) in [5.74, 6) is 2.23. The van der Waals surface area contributed by atoms with Crippen molar-refractivity contribution in [1.29, 1.82) is 0 Å². The highest BCUT2D eigenvalue weighted by atomic mass is 16.5. The average Bonchev–Trinajstić information content (AvgIpc) is 3.08. The van der Waals surface area contributed by atoms with Crippen LogP contribution in [0.5, 0.6) is 23.0 Å². The van der Waals surface area contributed by atoms with Crippen LogP contribution in [-0.2, 0) is 19.1 Å². The Hall–Kier alpha value is -3.90. The lowest BCUT2D eigenvalue weighted by Crippen LogP contribution is -2.40. The Kier molecular flexibility index (Phi) is 12.1. The normalized spacial score (nSPS) is 19.8. The van der Waals surface area contributed by atoms with E-state index in [1.807, 2.05) is 48.6 Å². The molecule has 248 valence electrons. The summed E-state index contributed by atoms with van der Waals surface area (Å²) in [6, 6.07) is 11.2. The average molecular weight is 636 g/mol. The van der Waals surface area contributed by atoms with Crippen LogP contribution < -0.4 is 18.9 Å². The molecule has 0 aliphatic carbocycles. The molecule has 46 heavy (non-hydrogen) atoms. The standard InChI is InChI=1S/C35H45N3O8/c1-26(39)38-24-29(20-27-4-6-31(33(22-27)41-2)45-18-12-36-8-14-43-15-9-36)35(40)30(25-38)21-28-5-7-32(34(23-28)42-3)46-19-13-37-10-16-44-17-11-37/h4-7,20-23H,8-19,24-25H2,1-3H3/b29-20+,30-21+. The van der Waals surface area contributed by atoms with E-state index < -0.39 is 0 Å². The van der Waals surface area contributed by atoms with Gasteiger partial charge in [-0.05, 0) is 47.5 Å². The molecule has 0 unspecified atom stereocenters. The number of carbonyl (C=O) groups is 2. The largest absolute Gasteiger partial charge is 0.493 e.